The molecule has 0 fully saturated rings. The molecule has 0 heterocycles. The van der Waals surface area contributed by atoms with E-state index < -0.39 is 0 Å². The van der Waals surface area contributed by atoms with E-state index >= 15 is 0 Å². The Bertz CT molecular complexity index is 630. The second-order valence-electron chi connectivity index (χ2n) is 4.30. The van der Waals surface area contributed by atoms with Crippen LogP contribution in [0.5, 0.6) is 5.75 Å². The first-order valence-electron chi connectivity index (χ1n) is 6.50. The Labute approximate surface area is 142 Å². The monoisotopic (exact) mass is 272 g/mol. The van der Waals surface area contributed by atoms with Crippen LogP contribution in [0.1, 0.15) is 12.5 Å². The van der Waals surface area contributed by atoms with Gasteiger partial charge in [0.1, 0.15) is 0 Å². The SMILES string of the molecule is CCc1cccc2ccccc12.[Na+].[O-]c1ccccc1. The summed E-state index contributed by atoms with van der Waals surface area (Å²) < 4.78 is 0. The van der Waals surface area contributed by atoms with Crippen LogP contribution in [-0.4, -0.2) is 0 Å². The van der Waals surface area contributed by atoms with Crippen LogP contribution in [0, 0.1) is 0 Å². The average Bonchev–Trinajstić information content (AvgIpc) is 2.48. The van der Waals surface area contributed by atoms with Crippen LogP contribution < -0.4 is 34.7 Å². The molecular formula is C18H17NaO. The molecule has 0 radical (unpaired) electrons. The van der Waals surface area contributed by atoms with Gasteiger partial charge in [-0.2, -0.15) is 0 Å². The van der Waals surface area contributed by atoms with Crippen molar-refractivity contribution in [3.8, 4) is 5.75 Å². The fourth-order valence-electron chi connectivity index (χ4n) is 2.02. The van der Waals surface area contributed by atoms with Gasteiger partial charge in [0.25, 0.3) is 0 Å². The fraction of sp³-hybridized carbons (Fsp3) is 0.111. The number of hydrogen-bond acceptors (Lipinski definition) is 1. The molecule has 0 amide bonds. The smallest absolute Gasteiger partial charge is 0.872 e. The molecule has 0 spiro atoms. The van der Waals surface area contributed by atoms with E-state index in [2.05, 4.69) is 49.4 Å². The summed E-state index contributed by atoms with van der Waals surface area (Å²) in [6.07, 6.45) is 1.11. The van der Waals surface area contributed by atoms with Crippen molar-refractivity contribution in [3.63, 3.8) is 0 Å². The molecular weight excluding hydrogens is 255 g/mol. The van der Waals surface area contributed by atoms with Crippen molar-refractivity contribution < 1.29 is 34.7 Å². The molecule has 20 heavy (non-hydrogen) atoms. The molecule has 0 aromatic heterocycles. The molecule has 2 heteroatoms. The summed E-state index contributed by atoms with van der Waals surface area (Å²) in [7, 11) is 0. The zero-order chi connectivity index (χ0) is 13.5. The van der Waals surface area contributed by atoms with Gasteiger partial charge in [0.15, 0.2) is 0 Å². The Kier molecular flexibility index (Phi) is 7.38. The molecule has 0 aliphatic heterocycles. The van der Waals surface area contributed by atoms with Crippen molar-refractivity contribution >= 4 is 10.8 Å². The maximum atomic E-state index is 10.3. The molecule has 96 valence electrons. The fourth-order valence-corrected chi connectivity index (χ4v) is 2.02. The molecule has 0 aliphatic carbocycles. The molecule has 3 rings (SSSR count). The second kappa shape index (κ2) is 8.80. The van der Waals surface area contributed by atoms with E-state index in [9.17, 15) is 5.11 Å². The summed E-state index contributed by atoms with van der Waals surface area (Å²) >= 11 is 0. The van der Waals surface area contributed by atoms with E-state index in [0.717, 1.165) is 6.42 Å². The van der Waals surface area contributed by atoms with Crippen molar-refractivity contribution in [1.29, 1.82) is 0 Å². The Morgan fingerprint density at radius 1 is 0.750 bits per heavy atom. The molecule has 0 N–H and O–H groups in total. The van der Waals surface area contributed by atoms with Crippen LogP contribution >= 0.6 is 0 Å². The van der Waals surface area contributed by atoms with E-state index in [-0.39, 0.29) is 35.3 Å². The van der Waals surface area contributed by atoms with Gasteiger partial charge in [-0.05, 0) is 22.8 Å². The summed E-state index contributed by atoms with van der Waals surface area (Å²) in [6, 6.07) is 23.3. The van der Waals surface area contributed by atoms with Crippen molar-refractivity contribution in [1.82, 2.24) is 0 Å². The maximum Gasteiger partial charge on any atom is 1.00 e. The minimum Gasteiger partial charge on any atom is -0.872 e. The molecule has 0 atom stereocenters. The first-order valence-corrected chi connectivity index (χ1v) is 6.50. The van der Waals surface area contributed by atoms with Crippen LogP contribution in [-0.2, 0) is 6.42 Å². The summed E-state index contributed by atoms with van der Waals surface area (Å²) in [6.45, 7) is 2.20. The molecule has 0 saturated carbocycles. The van der Waals surface area contributed by atoms with Crippen molar-refractivity contribution in [2.24, 2.45) is 0 Å². The van der Waals surface area contributed by atoms with Gasteiger partial charge in [-0.15, -0.1) is 5.75 Å². The van der Waals surface area contributed by atoms with Gasteiger partial charge in [0.05, 0.1) is 0 Å². The molecule has 3 aromatic carbocycles. The average molecular weight is 272 g/mol. The largest absolute Gasteiger partial charge is 1.00 e. The van der Waals surface area contributed by atoms with E-state index in [0.29, 0.717) is 0 Å². The van der Waals surface area contributed by atoms with Gasteiger partial charge in [-0.25, -0.2) is 0 Å². The van der Waals surface area contributed by atoms with Gasteiger partial charge in [0, 0.05) is 0 Å². The van der Waals surface area contributed by atoms with E-state index in [1.165, 1.54) is 28.5 Å². The topological polar surface area (TPSA) is 23.1 Å². The van der Waals surface area contributed by atoms with Gasteiger partial charge in [-0.1, -0.05) is 79.7 Å². The Morgan fingerprint density at radius 2 is 1.35 bits per heavy atom. The third kappa shape index (κ3) is 4.68. The molecule has 0 bridgehead atoms. The number of aryl methyl sites for hydroxylation is 1. The Balaban J connectivity index is 0.000000216. The van der Waals surface area contributed by atoms with Gasteiger partial charge in [0.2, 0.25) is 0 Å². The Hall–Kier alpha value is -1.28. The Morgan fingerprint density at radius 3 is 1.95 bits per heavy atom. The van der Waals surface area contributed by atoms with Crippen LogP contribution in [0.3, 0.4) is 0 Å². The van der Waals surface area contributed by atoms with E-state index in [1.54, 1.807) is 12.1 Å². The normalized spacial score (nSPS) is 9.25. The van der Waals surface area contributed by atoms with Crippen molar-refractivity contribution in [2.75, 3.05) is 0 Å². The third-order valence-corrected chi connectivity index (χ3v) is 3.00. The van der Waals surface area contributed by atoms with Crippen LogP contribution in [0.25, 0.3) is 10.8 Å². The predicted molar refractivity (Wildman–Crippen MR) is 79.2 cm³/mol. The number of benzene rings is 3. The zero-order valence-corrected chi connectivity index (χ0v) is 14.0. The zero-order valence-electron chi connectivity index (χ0n) is 12.0. The van der Waals surface area contributed by atoms with Crippen molar-refractivity contribution in [3.05, 3.63) is 78.4 Å². The quantitative estimate of drug-likeness (QED) is 0.610. The van der Waals surface area contributed by atoms with Crippen LogP contribution in [0.2, 0.25) is 0 Å². The van der Waals surface area contributed by atoms with Gasteiger partial charge < -0.3 is 5.11 Å². The summed E-state index contributed by atoms with van der Waals surface area (Å²) in [5, 5.41) is 13.0. The number of hydrogen-bond donors (Lipinski definition) is 0. The van der Waals surface area contributed by atoms with Crippen molar-refractivity contribution in [2.45, 2.75) is 13.3 Å². The molecule has 0 unspecified atom stereocenters. The van der Waals surface area contributed by atoms with Gasteiger partial charge in [-0.3, -0.25) is 0 Å². The summed E-state index contributed by atoms with van der Waals surface area (Å²) in [5.74, 6) is 0.0718. The molecule has 3 aromatic rings. The van der Waals surface area contributed by atoms with E-state index in [1.807, 2.05) is 6.07 Å². The maximum absolute atomic E-state index is 10.3. The minimum absolute atomic E-state index is 0. The first kappa shape index (κ1) is 16.8. The molecule has 1 nitrogen and oxygen atoms in total. The molecule has 0 saturated heterocycles. The first-order chi connectivity index (χ1) is 9.31. The van der Waals surface area contributed by atoms with Crippen LogP contribution in [0.15, 0.2) is 72.8 Å². The second-order valence-corrected chi connectivity index (χ2v) is 4.30. The standard InChI is InChI=1S/C12H12.C6H6O.Na/c1-2-10-7-5-8-11-6-3-4-9-12(10)11;7-6-4-2-1-3-5-6;/h3-9H,2H2,1H3;1-5,7H;/q;;+1/p-1. The number of para-hydroxylation sites is 1. The number of fused-ring (bicyclic) bond motifs is 1. The summed E-state index contributed by atoms with van der Waals surface area (Å²) in [5.41, 5.74) is 1.44. The number of rotatable bonds is 1. The van der Waals surface area contributed by atoms with Crippen LogP contribution in [0.4, 0.5) is 0 Å². The van der Waals surface area contributed by atoms with Gasteiger partial charge >= 0.3 is 29.6 Å². The molecule has 0 aliphatic rings. The summed E-state index contributed by atoms with van der Waals surface area (Å²) in [4.78, 5) is 0. The third-order valence-electron chi connectivity index (χ3n) is 3.00. The predicted octanol–water partition coefficient (Wildman–Crippen LogP) is 1.17. The van der Waals surface area contributed by atoms with E-state index in [4.69, 9.17) is 0 Å². The minimum atomic E-state index is 0.